The lowest BCUT2D eigenvalue weighted by Gasteiger charge is -2.34. The van der Waals surface area contributed by atoms with Crippen LogP contribution in [0.25, 0.3) is 0 Å². The molecule has 0 spiro atoms. The minimum absolute atomic E-state index is 0.156. The summed E-state index contributed by atoms with van der Waals surface area (Å²) in [5, 5.41) is 10.4. The van der Waals surface area contributed by atoms with Gasteiger partial charge in [0.15, 0.2) is 0 Å². The van der Waals surface area contributed by atoms with Crippen molar-refractivity contribution in [2.45, 2.75) is 105 Å². The molecule has 1 heterocycles. The molecule has 7 nitrogen and oxygen atoms in total. The molecule has 0 atom stereocenters. The Labute approximate surface area is 218 Å². The number of urea groups is 1. The van der Waals surface area contributed by atoms with Gasteiger partial charge >= 0.3 is 6.03 Å². The molecule has 0 bridgehead atoms. The average molecular weight is 504 g/mol. The number of carbonyl (C=O) groups excluding carboxylic acids is 3. The van der Waals surface area contributed by atoms with Crippen molar-refractivity contribution in [1.29, 1.82) is 0 Å². The Bertz CT molecular complexity index is 728. The van der Waals surface area contributed by atoms with Crippen LogP contribution in [0.5, 0.6) is 0 Å². The summed E-state index contributed by atoms with van der Waals surface area (Å²) in [5.74, 6) is -1.43. The second-order valence-electron chi connectivity index (χ2n) is 9.44. The van der Waals surface area contributed by atoms with E-state index in [0.717, 1.165) is 64.5 Å². The van der Waals surface area contributed by atoms with E-state index in [2.05, 4.69) is 18.7 Å². The number of amides is 4. The standard InChI is InChI=1S/C29H49N3O4/c1-5-9-11-13-15-17-22-31-27(34)26(24-25(33)20-19-21-30(7-3)8-4)28(35)32(29(31)36)23-18-16-14-12-10-6-2/h19-21,24,33H,5-18,22-23H2,1-4H3/b21-19+,25-20-. The van der Waals surface area contributed by atoms with Gasteiger partial charge in [-0.05, 0) is 51.1 Å². The number of rotatable bonds is 19. The molecule has 36 heavy (non-hydrogen) atoms. The molecule has 0 saturated carbocycles. The van der Waals surface area contributed by atoms with Gasteiger partial charge in [0, 0.05) is 26.2 Å². The molecule has 0 radical (unpaired) electrons. The fourth-order valence-electron chi connectivity index (χ4n) is 4.21. The molecule has 0 aliphatic carbocycles. The van der Waals surface area contributed by atoms with Crippen LogP contribution in [0, 0.1) is 0 Å². The quantitative estimate of drug-likeness (QED) is 0.0695. The first-order valence-corrected chi connectivity index (χ1v) is 14.1. The van der Waals surface area contributed by atoms with Gasteiger partial charge in [0.1, 0.15) is 11.3 Å². The maximum absolute atomic E-state index is 13.1. The van der Waals surface area contributed by atoms with E-state index in [1.165, 1.54) is 34.8 Å². The normalized spacial score (nSPS) is 14.9. The second kappa shape index (κ2) is 18.7. The number of barbiturate groups is 1. The predicted octanol–water partition coefficient (Wildman–Crippen LogP) is 6.72. The summed E-state index contributed by atoms with van der Waals surface area (Å²) in [6.45, 7) is 10.6. The van der Waals surface area contributed by atoms with Crippen LogP contribution in [-0.4, -0.2) is 63.8 Å². The Morgan fingerprint density at radius 3 is 1.61 bits per heavy atom. The van der Waals surface area contributed by atoms with Gasteiger partial charge in [-0.2, -0.15) is 0 Å². The zero-order valence-electron chi connectivity index (χ0n) is 23.1. The fraction of sp³-hybridized carbons (Fsp3) is 0.690. The van der Waals surface area contributed by atoms with Crippen LogP contribution < -0.4 is 0 Å². The van der Waals surface area contributed by atoms with Gasteiger partial charge < -0.3 is 10.0 Å². The minimum Gasteiger partial charge on any atom is -0.508 e. The van der Waals surface area contributed by atoms with Crippen molar-refractivity contribution < 1.29 is 19.5 Å². The first-order chi connectivity index (χ1) is 17.4. The summed E-state index contributed by atoms with van der Waals surface area (Å²) >= 11 is 0. The number of imide groups is 2. The van der Waals surface area contributed by atoms with Crippen molar-refractivity contribution in [2.75, 3.05) is 26.2 Å². The van der Waals surface area contributed by atoms with Gasteiger partial charge in [-0.25, -0.2) is 4.79 Å². The molecule has 0 aromatic rings. The number of hydrogen-bond acceptors (Lipinski definition) is 5. The summed E-state index contributed by atoms with van der Waals surface area (Å²) in [5.41, 5.74) is -0.156. The highest BCUT2D eigenvalue weighted by molar-refractivity contribution is 6.28. The Morgan fingerprint density at radius 1 is 0.722 bits per heavy atom. The molecule has 1 aliphatic rings. The topological polar surface area (TPSA) is 81.2 Å². The predicted molar refractivity (Wildman–Crippen MR) is 146 cm³/mol. The molecule has 4 amide bonds. The van der Waals surface area contributed by atoms with E-state index >= 15 is 0 Å². The monoisotopic (exact) mass is 503 g/mol. The molecule has 1 rings (SSSR count). The third-order valence-corrected chi connectivity index (χ3v) is 6.55. The molecule has 204 valence electrons. The maximum Gasteiger partial charge on any atom is 0.333 e. The first-order valence-electron chi connectivity index (χ1n) is 14.1. The SMILES string of the molecule is CCCCCCCCN1C(=O)C(=C/C(O)=C/C=C/N(CC)CC)C(=O)N(CCCCCCCC)C1=O. The lowest BCUT2D eigenvalue weighted by atomic mass is 10.1. The van der Waals surface area contributed by atoms with E-state index in [1.807, 2.05) is 20.0 Å². The van der Waals surface area contributed by atoms with E-state index in [1.54, 1.807) is 6.08 Å². The highest BCUT2D eigenvalue weighted by Crippen LogP contribution is 2.21. The van der Waals surface area contributed by atoms with Crippen LogP contribution in [0.15, 0.2) is 35.8 Å². The van der Waals surface area contributed by atoms with Crippen LogP contribution in [0.3, 0.4) is 0 Å². The molecule has 1 fully saturated rings. The van der Waals surface area contributed by atoms with Crippen molar-refractivity contribution in [3.63, 3.8) is 0 Å². The van der Waals surface area contributed by atoms with Gasteiger partial charge in [0.05, 0.1) is 0 Å². The van der Waals surface area contributed by atoms with Crippen molar-refractivity contribution in [3.8, 4) is 0 Å². The van der Waals surface area contributed by atoms with Crippen molar-refractivity contribution in [2.24, 2.45) is 0 Å². The highest BCUT2D eigenvalue weighted by atomic mass is 16.3. The van der Waals surface area contributed by atoms with Gasteiger partial charge in [0.2, 0.25) is 0 Å². The van der Waals surface area contributed by atoms with Crippen LogP contribution >= 0.6 is 0 Å². The largest absolute Gasteiger partial charge is 0.508 e. The number of aliphatic hydroxyl groups is 1. The zero-order valence-corrected chi connectivity index (χ0v) is 23.1. The number of aliphatic hydroxyl groups excluding tert-OH is 1. The summed E-state index contributed by atoms with van der Waals surface area (Å²) in [6.07, 6.45) is 18.6. The third-order valence-electron chi connectivity index (χ3n) is 6.55. The van der Waals surface area contributed by atoms with Crippen LogP contribution in [0.4, 0.5) is 4.79 Å². The number of unbranched alkanes of at least 4 members (excludes halogenated alkanes) is 10. The smallest absolute Gasteiger partial charge is 0.333 e. The van der Waals surface area contributed by atoms with E-state index in [9.17, 15) is 19.5 Å². The first kappa shape index (κ1) is 31.5. The Hall–Kier alpha value is -2.57. The van der Waals surface area contributed by atoms with Crippen LogP contribution in [-0.2, 0) is 9.59 Å². The molecule has 0 aromatic carbocycles. The van der Waals surface area contributed by atoms with E-state index in [0.29, 0.717) is 12.8 Å². The molecule has 0 unspecified atom stereocenters. The third kappa shape index (κ3) is 11.0. The van der Waals surface area contributed by atoms with Crippen LogP contribution in [0.2, 0.25) is 0 Å². The molecule has 7 heteroatoms. The molecular weight excluding hydrogens is 454 g/mol. The lowest BCUT2D eigenvalue weighted by Crippen LogP contribution is -2.56. The second-order valence-corrected chi connectivity index (χ2v) is 9.44. The molecular formula is C29H49N3O4. The fourth-order valence-corrected chi connectivity index (χ4v) is 4.21. The average Bonchev–Trinajstić information content (AvgIpc) is 2.87. The van der Waals surface area contributed by atoms with Crippen molar-refractivity contribution in [3.05, 3.63) is 35.8 Å². The Kier molecular flexibility index (Phi) is 16.3. The van der Waals surface area contributed by atoms with Gasteiger partial charge in [-0.1, -0.05) is 78.1 Å². The van der Waals surface area contributed by atoms with Gasteiger partial charge in [-0.15, -0.1) is 0 Å². The number of carbonyl (C=O) groups is 3. The molecule has 0 aromatic heterocycles. The Balaban J connectivity index is 2.98. The zero-order chi connectivity index (χ0) is 26.8. The van der Waals surface area contributed by atoms with Crippen LogP contribution in [0.1, 0.15) is 105 Å². The molecule has 1 N–H and O–H groups in total. The van der Waals surface area contributed by atoms with Crippen molar-refractivity contribution in [1.82, 2.24) is 14.7 Å². The van der Waals surface area contributed by atoms with E-state index < -0.39 is 17.8 Å². The highest BCUT2D eigenvalue weighted by Gasteiger charge is 2.41. The minimum atomic E-state index is -0.620. The van der Waals surface area contributed by atoms with E-state index in [-0.39, 0.29) is 24.4 Å². The number of hydrogen-bond donors (Lipinski definition) is 1. The molecule has 1 aliphatic heterocycles. The summed E-state index contributed by atoms with van der Waals surface area (Å²) in [6, 6.07) is -0.533. The van der Waals surface area contributed by atoms with Gasteiger partial charge in [-0.3, -0.25) is 19.4 Å². The molecule has 1 saturated heterocycles. The number of allylic oxidation sites excluding steroid dienone is 3. The van der Waals surface area contributed by atoms with E-state index in [4.69, 9.17) is 0 Å². The number of nitrogens with zero attached hydrogens (tertiary/aromatic N) is 3. The van der Waals surface area contributed by atoms with Crippen molar-refractivity contribution >= 4 is 17.8 Å². The Morgan fingerprint density at radius 2 is 1.17 bits per heavy atom. The van der Waals surface area contributed by atoms with Gasteiger partial charge in [0.25, 0.3) is 11.8 Å². The summed E-state index contributed by atoms with van der Waals surface area (Å²) in [4.78, 5) is 43.8. The maximum atomic E-state index is 13.1. The lowest BCUT2D eigenvalue weighted by molar-refractivity contribution is -0.136. The summed E-state index contributed by atoms with van der Waals surface area (Å²) in [7, 11) is 0. The summed E-state index contributed by atoms with van der Waals surface area (Å²) < 4.78 is 0.